The number of carbonyl (C=O) groups is 2. The Bertz CT molecular complexity index is 1010. The number of rotatable bonds is 6. The molecule has 2 aliphatic heterocycles. The van der Waals surface area contributed by atoms with Gasteiger partial charge in [0, 0.05) is 17.5 Å². The zero-order valence-corrected chi connectivity index (χ0v) is 19.8. The molecule has 0 spiro atoms. The van der Waals surface area contributed by atoms with Gasteiger partial charge in [-0.2, -0.15) is 0 Å². The van der Waals surface area contributed by atoms with E-state index in [2.05, 4.69) is 48.7 Å². The third-order valence-corrected chi connectivity index (χ3v) is 6.18. The molecule has 0 radical (unpaired) electrons. The third-order valence-electron chi connectivity index (χ3n) is 5.87. The lowest BCUT2D eigenvalue weighted by Crippen LogP contribution is -2.18. The number of carboxylic acids is 2. The second kappa shape index (κ2) is 10.9. The normalized spacial score (nSPS) is 15.7. The van der Waals surface area contributed by atoms with Crippen molar-refractivity contribution in [3.05, 3.63) is 57.6 Å². The van der Waals surface area contributed by atoms with Crippen LogP contribution in [0, 0.1) is 0 Å². The maximum Gasteiger partial charge on any atom is 0.303 e. The molecule has 4 N–H and O–H groups in total. The monoisotopic (exact) mass is 474 g/mol. The van der Waals surface area contributed by atoms with Crippen LogP contribution in [-0.2, 0) is 34.4 Å². The van der Waals surface area contributed by atoms with Crippen LogP contribution in [0.3, 0.4) is 0 Å². The quantitative estimate of drug-likeness (QED) is 0.495. The summed E-state index contributed by atoms with van der Waals surface area (Å²) in [6, 6.07) is 10.7. The van der Waals surface area contributed by atoms with E-state index in [4.69, 9.17) is 26.6 Å². The molecule has 0 atom stereocenters. The molecule has 2 aliphatic rings. The molecule has 0 fully saturated rings. The van der Waals surface area contributed by atoms with Crippen molar-refractivity contribution in [1.29, 1.82) is 0 Å². The van der Waals surface area contributed by atoms with Gasteiger partial charge >= 0.3 is 11.9 Å². The molecule has 0 bridgehead atoms. The van der Waals surface area contributed by atoms with Crippen LogP contribution in [0.25, 0.3) is 0 Å². The molecule has 0 saturated heterocycles. The third kappa shape index (κ3) is 6.62. The van der Waals surface area contributed by atoms with Gasteiger partial charge in [-0.1, -0.05) is 43.6 Å². The van der Waals surface area contributed by atoms with Crippen LogP contribution in [0.5, 0.6) is 5.75 Å². The van der Waals surface area contributed by atoms with Crippen molar-refractivity contribution in [1.82, 2.24) is 5.32 Å². The second-order valence-electron chi connectivity index (χ2n) is 8.95. The highest BCUT2D eigenvalue weighted by molar-refractivity contribution is 6.33. The molecule has 4 rings (SSSR count). The Labute approximate surface area is 199 Å². The molecule has 8 heteroatoms. The number of hydrogen-bond donors (Lipinski definition) is 4. The van der Waals surface area contributed by atoms with Crippen molar-refractivity contribution in [3.63, 3.8) is 0 Å². The fraction of sp³-hybridized carbons (Fsp3) is 0.440. The van der Waals surface area contributed by atoms with Crippen LogP contribution in [0.2, 0.25) is 5.02 Å². The summed E-state index contributed by atoms with van der Waals surface area (Å²) >= 11 is 6.50. The average Bonchev–Trinajstić information content (AvgIpc) is 2.92. The van der Waals surface area contributed by atoms with Crippen molar-refractivity contribution in [3.8, 4) is 5.75 Å². The summed E-state index contributed by atoms with van der Waals surface area (Å²) in [5.74, 6) is -1.13. The van der Waals surface area contributed by atoms with Gasteiger partial charge < -0.3 is 25.6 Å². The minimum absolute atomic E-state index is 0.106. The predicted molar refractivity (Wildman–Crippen MR) is 129 cm³/mol. The van der Waals surface area contributed by atoms with Gasteiger partial charge in [0.25, 0.3) is 0 Å². The van der Waals surface area contributed by atoms with Gasteiger partial charge in [-0.25, -0.2) is 0 Å². The standard InChI is InChI=1S/C21H25ClN2O.C4H6O4/c1-21(2)13-25-19-11-14(3-5-17(19)21)12-24-20-16-8-10-23-9-7-15(16)4-6-18(20)22;5-3(6)1-2-4(7)8/h3-6,11,23-24H,7-10,12-13H2,1-2H3;1-2H2,(H,5,6)(H,7,8). The zero-order chi connectivity index (χ0) is 24.0. The maximum atomic E-state index is 9.64. The first-order chi connectivity index (χ1) is 15.7. The summed E-state index contributed by atoms with van der Waals surface area (Å²) in [6.45, 7) is 7.99. The van der Waals surface area contributed by atoms with Crippen LogP contribution >= 0.6 is 11.6 Å². The highest BCUT2D eigenvalue weighted by Crippen LogP contribution is 2.39. The number of aliphatic carboxylic acids is 2. The number of anilines is 1. The summed E-state index contributed by atoms with van der Waals surface area (Å²) < 4.78 is 5.88. The molecule has 0 aromatic heterocycles. The van der Waals surface area contributed by atoms with E-state index in [9.17, 15) is 9.59 Å². The predicted octanol–water partition coefficient (Wildman–Crippen LogP) is 4.25. The van der Waals surface area contributed by atoms with Gasteiger partial charge in [0.1, 0.15) is 5.75 Å². The molecule has 7 nitrogen and oxygen atoms in total. The fourth-order valence-corrected chi connectivity index (χ4v) is 4.27. The molecule has 2 aromatic carbocycles. The minimum Gasteiger partial charge on any atom is -0.492 e. The van der Waals surface area contributed by atoms with E-state index in [0.717, 1.165) is 55.5 Å². The molecule has 0 unspecified atom stereocenters. The smallest absolute Gasteiger partial charge is 0.303 e. The SMILES string of the molecule is CC1(C)COc2cc(CNc3c(Cl)ccc4c3CCNCC4)ccc21.O=C(O)CCC(=O)O. The molecule has 0 saturated carbocycles. The Morgan fingerprint density at radius 1 is 1.09 bits per heavy atom. The van der Waals surface area contributed by atoms with E-state index in [1.807, 2.05) is 6.07 Å². The van der Waals surface area contributed by atoms with Crippen molar-refractivity contribution in [2.45, 2.75) is 51.5 Å². The van der Waals surface area contributed by atoms with Crippen LogP contribution in [0.1, 0.15) is 48.9 Å². The number of benzene rings is 2. The first-order valence-corrected chi connectivity index (χ1v) is 11.5. The van der Waals surface area contributed by atoms with Gasteiger partial charge in [0.2, 0.25) is 0 Å². The van der Waals surface area contributed by atoms with Crippen molar-refractivity contribution in [2.75, 3.05) is 25.0 Å². The van der Waals surface area contributed by atoms with Crippen molar-refractivity contribution >= 4 is 29.2 Å². The largest absolute Gasteiger partial charge is 0.492 e. The number of fused-ring (bicyclic) bond motifs is 2. The fourth-order valence-electron chi connectivity index (χ4n) is 4.03. The number of nitrogens with one attached hydrogen (secondary N) is 2. The lowest BCUT2D eigenvalue weighted by molar-refractivity contribution is -0.143. The van der Waals surface area contributed by atoms with E-state index < -0.39 is 11.9 Å². The van der Waals surface area contributed by atoms with Crippen LogP contribution < -0.4 is 15.4 Å². The Balaban J connectivity index is 0.000000331. The second-order valence-corrected chi connectivity index (χ2v) is 9.36. The number of ether oxygens (including phenoxy) is 1. The Hall–Kier alpha value is -2.77. The Morgan fingerprint density at radius 2 is 1.79 bits per heavy atom. The van der Waals surface area contributed by atoms with Gasteiger partial charge in [0.05, 0.1) is 30.2 Å². The highest BCUT2D eigenvalue weighted by Gasteiger charge is 2.31. The van der Waals surface area contributed by atoms with Crippen molar-refractivity contribution in [2.24, 2.45) is 0 Å². The lowest BCUT2D eigenvalue weighted by atomic mass is 9.86. The van der Waals surface area contributed by atoms with Gasteiger partial charge in [0.15, 0.2) is 0 Å². The molecule has 0 aliphatic carbocycles. The van der Waals surface area contributed by atoms with E-state index in [1.54, 1.807) is 0 Å². The molecule has 178 valence electrons. The van der Waals surface area contributed by atoms with E-state index >= 15 is 0 Å². The van der Waals surface area contributed by atoms with E-state index in [-0.39, 0.29) is 18.3 Å². The summed E-state index contributed by atoms with van der Waals surface area (Å²) in [4.78, 5) is 19.3. The molecule has 2 heterocycles. The average molecular weight is 475 g/mol. The number of hydrogen-bond acceptors (Lipinski definition) is 5. The molecular weight excluding hydrogens is 444 g/mol. The van der Waals surface area contributed by atoms with Crippen LogP contribution in [-0.4, -0.2) is 41.8 Å². The van der Waals surface area contributed by atoms with Crippen molar-refractivity contribution < 1.29 is 24.5 Å². The number of carboxylic acid groups (broad SMARTS) is 2. The first-order valence-electron chi connectivity index (χ1n) is 11.1. The summed E-state index contributed by atoms with van der Waals surface area (Å²) in [5.41, 5.74) is 6.47. The first kappa shape index (κ1) is 24.9. The van der Waals surface area contributed by atoms with E-state index in [1.165, 1.54) is 22.3 Å². The van der Waals surface area contributed by atoms with Gasteiger partial charge in [-0.15, -0.1) is 0 Å². The lowest BCUT2D eigenvalue weighted by Gasteiger charge is -2.17. The number of halogens is 1. The highest BCUT2D eigenvalue weighted by atomic mass is 35.5. The van der Waals surface area contributed by atoms with Crippen LogP contribution in [0.4, 0.5) is 5.69 Å². The minimum atomic E-state index is -1.08. The Morgan fingerprint density at radius 3 is 2.48 bits per heavy atom. The van der Waals surface area contributed by atoms with Crippen LogP contribution in [0.15, 0.2) is 30.3 Å². The summed E-state index contributed by atoms with van der Waals surface area (Å²) in [7, 11) is 0. The zero-order valence-electron chi connectivity index (χ0n) is 19.0. The molecule has 2 aromatic rings. The van der Waals surface area contributed by atoms with Gasteiger partial charge in [-0.3, -0.25) is 9.59 Å². The summed E-state index contributed by atoms with van der Waals surface area (Å²) in [5, 5.41) is 23.6. The summed E-state index contributed by atoms with van der Waals surface area (Å²) in [6.07, 6.45) is 1.48. The molecular formula is C25H31ClN2O5. The topological polar surface area (TPSA) is 108 Å². The Kier molecular flexibility index (Phi) is 8.21. The maximum absolute atomic E-state index is 9.64. The molecule has 0 amide bonds. The van der Waals surface area contributed by atoms with E-state index in [0.29, 0.717) is 0 Å². The van der Waals surface area contributed by atoms with Gasteiger partial charge in [-0.05, 0) is 54.8 Å². The molecule has 33 heavy (non-hydrogen) atoms.